The van der Waals surface area contributed by atoms with Gasteiger partial charge in [-0.05, 0) is 16.5 Å². The third-order valence-corrected chi connectivity index (χ3v) is 6.24. The number of nitrogens with one attached hydrogen (secondary N) is 1. The average Bonchev–Trinajstić information content (AvgIpc) is 2.53. The van der Waals surface area contributed by atoms with E-state index in [0.717, 1.165) is 5.56 Å². The van der Waals surface area contributed by atoms with E-state index in [1.54, 1.807) is 26.0 Å². The van der Waals surface area contributed by atoms with E-state index in [4.69, 9.17) is 5.11 Å². The predicted molar refractivity (Wildman–Crippen MR) is 105 cm³/mol. The predicted octanol–water partition coefficient (Wildman–Crippen LogP) is 2.29. The number of benzene rings is 1. The number of nitrogens with zero attached hydrogens (tertiary/aromatic N) is 1. The molecular weight excluding hydrogens is 368 g/mol. The summed E-state index contributed by atoms with van der Waals surface area (Å²) in [5.41, 5.74) is 1.65. The zero-order chi connectivity index (χ0) is 20.8. The number of rotatable bonds is 9. The number of carboxylic acid groups (broad SMARTS) is 1. The molecule has 0 aliphatic rings. The molecule has 152 valence electrons. The summed E-state index contributed by atoms with van der Waals surface area (Å²) < 4.78 is 25.7. The van der Waals surface area contributed by atoms with Crippen molar-refractivity contribution in [3.8, 4) is 0 Å². The lowest BCUT2D eigenvalue weighted by Crippen LogP contribution is -2.40. The minimum Gasteiger partial charge on any atom is -0.481 e. The molecule has 27 heavy (non-hydrogen) atoms. The van der Waals surface area contributed by atoms with Crippen LogP contribution >= 0.6 is 0 Å². The van der Waals surface area contributed by atoms with Gasteiger partial charge >= 0.3 is 5.97 Å². The highest BCUT2D eigenvalue weighted by molar-refractivity contribution is 7.89. The van der Waals surface area contributed by atoms with Gasteiger partial charge in [0.2, 0.25) is 15.9 Å². The van der Waals surface area contributed by atoms with Crippen LogP contribution in [0.2, 0.25) is 0 Å². The van der Waals surface area contributed by atoms with E-state index in [9.17, 15) is 18.0 Å². The van der Waals surface area contributed by atoms with E-state index in [-0.39, 0.29) is 24.9 Å². The molecule has 0 spiro atoms. The van der Waals surface area contributed by atoms with Crippen LogP contribution in [0.3, 0.4) is 0 Å². The van der Waals surface area contributed by atoms with E-state index in [1.165, 1.54) is 4.31 Å². The number of carboxylic acids is 1. The van der Waals surface area contributed by atoms with Gasteiger partial charge in [-0.3, -0.25) is 9.59 Å². The SMILES string of the molecule is CCN(CC)S(=O)(=O)CC(=O)NC(CC(=O)O)c1ccc(C(C)(C)C)cc1. The quantitative estimate of drug-likeness (QED) is 0.664. The Hall–Kier alpha value is -1.93. The normalized spacial score (nSPS) is 13.4. The molecule has 1 unspecified atom stereocenters. The number of sulfonamides is 1. The van der Waals surface area contributed by atoms with Gasteiger partial charge in [0, 0.05) is 13.1 Å². The van der Waals surface area contributed by atoms with Gasteiger partial charge in [0.1, 0.15) is 5.75 Å². The van der Waals surface area contributed by atoms with Gasteiger partial charge < -0.3 is 10.4 Å². The van der Waals surface area contributed by atoms with Crippen LogP contribution in [0.5, 0.6) is 0 Å². The van der Waals surface area contributed by atoms with Crippen LogP contribution in [0.15, 0.2) is 24.3 Å². The largest absolute Gasteiger partial charge is 0.481 e. The van der Waals surface area contributed by atoms with E-state index < -0.39 is 33.7 Å². The van der Waals surface area contributed by atoms with E-state index >= 15 is 0 Å². The molecule has 0 heterocycles. The van der Waals surface area contributed by atoms with Crippen LogP contribution in [-0.2, 0) is 25.0 Å². The lowest BCUT2D eigenvalue weighted by molar-refractivity contribution is -0.137. The second-order valence-corrected chi connectivity index (χ2v) is 9.40. The molecule has 1 amide bonds. The van der Waals surface area contributed by atoms with Crippen molar-refractivity contribution in [2.75, 3.05) is 18.8 Å². The summed E-state index contributed by atoms with van der Waals surface area (Å²) >= 11 is 0. The highest BCUT2D eigenvalue weighted by Crippen LogP contribution is 2.25. The lowest BCUT2D eigenvalue weighted by atomic mass is 9.86. The third-order valence-electron chi connectivity index (χ3n) is 4.31. The summed E-state index contributed by atoms with van der Waals surface area (Å²) in [6, 6.07) is 6.53. The van der Waals surface area contributed by atoms with Gasteiger partial charge in [-0.25, -0.2) is 12.7 Å². The minimum absolute atomic E-state index is 0.0537. The summed E-state index contributed by atoms with van der Waals surface area (Å²) in [6.45, 7) is 10.1. The molecule has 0 bridgehead atoms. The number of hydrogen-bond donors (Lipinski definition) is 2. The van der Waals surface area contributed by atoms with Crippen molar-refractivity contribution >= 4 is 21.9 Å². The van der Waals surface area contributed by atoms with Crippen LogP contribution in [0, 0.1) is 0 Å². The Bertz CT molecular complexity index is 747. The average molecular weight is 399 g/mol. The molecule has 0 aliphatic carbocycles. The van der Waals surface area contributed by atoms with E-state index in [1.807, 2.05) is 12.1 Å². The minimum atomic E-state index is -3.73. The molecule has 7 nitrogen and oxygen atoms in total. The van der Waals surface area contributed by atoms with Crippen molar-refractivity contribution in [3.05, 3.63) is 35.4 Å². The molecule has 0 saturated carbocycles. The topological polar surface area (TPSA) is 104 Å². The molecule has 1 aromatic rings. The summed E-state index contributed by atoms with van der Waals surface area (Å²) in [7, 11) is -3.73. The van der Waals surface area contributed by atoms with Gasteiger partial charge in [-0.15, -0.1) is 0 Å². The Kier molecular flexibility index (Phi) is 7.98. The molecule has 1 aromatic carbocycles. The molecule has 0 aromatic heterocycles. The number of hydrogen-bond acceptors (Lipinski definition) is 4. The van der Waals surface area contributed by atoms with Crippen LogP contribution < -0.4 is 5.32 Å². The number of aliphatic carboxylic acids is 1. The first-order valence-electron chi connectivity index (χ1n) is 9.00. The Morgan fingerprint density at radius 1 is 1.11 bits per heavy atom. The van der Waals surface area contributed by atoms with Crippen molar-refractivity contribution in [1.29, 1.82) is 0 Å². The highest BCUT2D eigenvalue weighted by Gasteiger charge is 2.26. The first-order valence-corrected chi connectivity index (χ1v) is 10.6. The number of carbonyl (C=O) groups is 2. The molecule has 0 fully saturated rings. The molecular formula is C19H30N2O5S. The van der Waals surface area contributed by atoms with Crippen LogP contribution in [0.1, 0.15) is 58.2 Å². The fourth-order valence-electron chi connectivity index (χ4n) is 2.75. The molecule has 0 radical (unpaired) electrons. The van der Waals surface area contributed by atoms with Crippen molar-refractivity contribution in [1.82, 2.24) is 9.62 Å². The maximum Gasteiger partial charge on any atom is 0.305 e. The zero-order valence-electron chi connectivity index (χ0n) is 16.7. The zero-order valence-corrected chi connectivity index (χ0v) is 17.5. The number of carbonyl (C=O) groups excluding carboxylic acids is 1. The molecule has 1 atom stereocenters. The molecule has 1 rings (SSSR count). The first-order chi connectivity index (χ1) is 12.4. The van der Waals surface area contributed by atoms with Gasteiger partial charge in [0.05, 0.1) is 12.5 Å². The van der Waals surface area contributed by atoms with Crippen molar-refractivity contribution in [3.63, 3.8) is 0 Å². The third kappa shape index (κ3) is 6.95. The van der Waals surface area contributed by atoms with Gasteiger partial charge in [-0.1, -0.05) is 58.9 Å². The van der Waals surface area contributed by atoms with E-state index in [0.29, 0.717) is 5.56 Å². The highest BCUT2D eigenvalue weighted by atomic mass is 32.2. The molecule has 8 heteroatoms. The summed E-state index contributed by atoms with van der Waals surface area (Å²) in [4.78, 5) is 23.5. The van der Waals surface area contributed by atoms with E-state index in [2.05, 4.69) is 26.1 Å². The van der Waals surface area contributed by atoms with Crippen LogP contribution in [0.25, 0.3) is 0 Å². The summed E-state index contributed by atoms with van der Waals surface area (Å²) in [5.74, 6) is -2.50. The Balaban J connectivity index is 2.98. The summed E-state index contributed by atoms with van der Waals surface area (Å²) in [5, 5.41) is 11.7. The van der Waals surface area contributed by atoms with Gasteiger partial charge in [0.25, 0.3) is 0 Å². The Morgan fingerprint density at radius 2 is 1.63 bits per heavy atom. The first kappa shape index (κ1) is 23.1. The second kappa shape index (κ2) is 9.32. The summed E-state index contributed by atoms with van der Waals surface area (Å²) in [6.07, 6.45) is -0.327. The van der Waals surface area contributed by atoms with Gasteiger partial charge in [-0.2, -0.15) is 0 Å². The van der Waals surface area contributed by atoms with Crippen molar-refractivity contribution in [2.45, 2.75) is 52.5 Å². The molecule has 0 aliphatic heterocycles. The van der Waals surface area contributed by atoms with Crippen molar-refractivity contribution in [2.24, 2.45) is 0 Å². The van der Waals surface area contributed by atoms with Crippen LogP contribution in [-0.4, -0.2) is 48.5 Å². The Morgan fingerprint density at radius 3 is 2.04 bits per heavy atom. The fraction of sp³-hybridized carbons (Fsp3) is 0.579. The monoisotopic (exact) mass is 398 g/mol. The fourth-order valence-corrected chi connectivity index (χ4v) is 4.14. The number of amides is 1. The second-order valence-electron chi connectivity index (χ2n) is 7.43. The van der Waals surface area contributed by atoms with Crippen molar-refractivity contribution < 1.29 is 23.1 Å². The van der Waals surface area contributed by atoms with Crippen LogP contribution in [0.4, 0.5) is 0 Å². The smallest absolute Gasteiger partial charge is 0.305 e. The molecule has 2 N–H and O–H groups in total. The lowest BCUT2D eigenvalue weighted by Gasteiger charge is -2.22. The maximum atomic E-state index is 12.3. The Labute approximate surface area is 161 Å². The standard InChI is InChI=1S/C19H30N2O5S/c1-6-21(7-2)27(25,26)13-17(22)20-16(12-18(23)24)14-8-10-15(11-9-14)19(3,4)5/h8-11,16H,6-7,12-13H2,1-5H3,(H,20,22)(H,23,24). The molecule has 0 saturated heterocycles. The maximum absolute atomic E-state index is 12.3. The van der Waals surface area contributed by atoms with Gasteiger partial charge in [0.15, 0.2) is 0 Å².